The molecule has 0 amide bonds. The van der Waals surface area contributed by atoms with E-state index in [0.717, 1.165) is 18.9 Å². The van der Waals surface area contributed by atoms with Crippen molar-refractivity contribution < 1.29 is 13.5 Å². The zero-order valence-corrected chi connectivity index (χ0v) is 12.0. The number of hydrogen-bond acceptors (Lipinski definition) is 2. The van der Waals surface area contributed by atoms with Gasteiger partial charge in [0.05, 0.1) is 6.04 Å². The molecule has 112 valence electrons. The van der Waals surface area contributed by atoms with Crippen LogP contribution in [-0.2, 0) is 6.42 Å². The molecule has 0 saturated carbocycles. The molecule has 0 bridgehead atoms. The minimum absolute atomic E-state index is 0.135. The molecule has 0 aromatic heterocycles. The SMILES string of the molecule is CCCc1ccc(OCC(N)c2ccc(F)cc2F)cc1. The highest BCUT2D eigenvalue weighted by molar-refractivity contribution is 5.28. The van der Waals surface area contributed by atoms with Gasteiger partial charge in [-0.3, -0.25) is 0 Å². The second-order valence-electron chi connectivity index (χ2n) is 4.98. The van der Waals surface area contributed by atoms with E-state index in [1.54, 1.807) is 0 Å². The smallest absolute Gasteiger partial charge is 0.131 e. The van der Waals surface area contributed by atoms with Gasteiger partial charge < -0.3 is 10.5 Å². The van der Waals surface area contributed by atoms with Crippen molar-refractivity contribution in [2.75, 3.05) is 6.61 Å². The molecule has 0 saturated heterocycles. The van der Waals surface area contributed by atoms with Crippen LogP contribution in [0.15, 0.2) is 42.5 Å². The molecular formula is C17H19F2NO. The Morgan fingerprint density at radius 2 is 1.81 bits per heavy atom. The highest BCUT2D eigenvalue weighted by Gasteiger charge is 2.13. The largest absolute Gasteiger partial charge is 0.492 e. The van der Waals surface area contributed by atoms with Gasteiger partial charge in [0.2, 0.25) is 0 Å². The van der Waals surface area contributed by atoms with Gasteiger partial charge in [0.15, 0.2) is 0 Å². The zero-order chi connectivity index (χ0) is 15.2. The molecule has 0 aliphatic heterocycles. The Balaban J connectivity index is 1.95. The first-order valence-corrected chi connectivity index (χ1v) is 7.02. The van der Waals surface area contributed by atoms with E-state index in [2.05, 4.69) is 6.92 Å². The Bertz CT molecular complexity index is 584. The number of aryl methyl sites for hydroxylation is 1. The second kappa shape index (κ2) is 7.18. The third kappa shape index (κ3) is 4.26. The molecule has 4 heteroatoms. The van der Waals surface area contributed by atoms with Crippen LogP contribution in [0.4, 0.5) is 8.78 Å². The monoisotopic (exact) mass is 291 g/mol. The van der Waals surface area contributed by atoms with Crippen molar-refractivity contribution in [1.29, 1.82) is 0 Å². The van der Waals surface area contributed by atoms with Gasteiger partial charge in [0, 0.05) is 11.6 Å². The lowest BCUT2D eigenvalue weighted by Gasteiger charge is -2.14. The molecule has 0 aliphatic rings. The van der Waals surface area contributed by atoms with E-state index in [0.29, 0.717) is 5.75 Å². The minimum Gasteiger partial charge on any atom is -0.492 e. The van der Waals surface area contributed by atoms with Crippen LogP contribution in [-0.4, -0.2) is 6.61 Å². The molecule has 0 aliphatic carbocycles. The molecule has 1 atom stereocenters. The third-order valence-electron chi connectivity index (χ3n) is 3.25. The summed E-state index contributed by atoms with van der Waals surface area (Å²) in [5, 5.41) is 0. The van der Waals surface area contributed by atoms with Gasteiger partial charge in [-0.25, -0.2) is 8.78 Å². The first-order valence-electron chi connectivity index (χ1n) is 7.02. The molecule has 2 aromatic carbocycles. The van der Waals surface area contributed by atoms with Crippen molar-refractivity contribution in [2.45, 2.75) is 25.8 Å². The maximum atomic E-state index is 13.6. The fourth-order valence-electron chi connectivity index (χ4n) is 2.12. The average Bonchev–Trinajstić information content (AvgIpc) is 2.46. The van der Waals surface area contributed by atoms with Crippen molar-refractivity contribution in [1.82, 2.24) is 0 Å². The molecule has 2 nitrogen and oxygen atoms in total. The number of benzene rings is 2. The van der Waals surface area contributed by atoms with E-state index in [-0.39, 0.29) is 12.2 Å². The molecule has 2 rings (SSSR count). The maximum Gasteiger partial charge on any atom is 0.131 e. The standard InChI is InChI=1S/C17H19F2NO/c1-2-3-12-4-7-14(8-5-12)21-11-17(20)15-9-6-13(18)10-16(15)19/h4-10,17H,2-3,11,20H2,1H3. The Labute approximate surface area is 123 Å². The quantitative estimate of drug-likeness (QED) is 0.873. The van der Waals surface area contributed by atoms with Crippen molar-refractivity contribution in [3.05, 3.63) is 65.2 Å². The summed E-state index contributed by atoms with van der Waals surface area (Å²) in [6, 6.07) is 10.5. The third-order valence-corrected chi connectivity index (χ3v) is 3.25. The van der Waals surface area contributed by atoms with Crippen LogP contribution in [0.3, 0.4) is 0 Å². The molecule has 2 aromatic rings. The minimum atomic E-state index is -0.649. The highest BCUT2D eigenvalue weighted by atomic mass is 19.1. The van der Waals surface area contributed by atoms with Crippen LogP contribution in [0.25, 0.3) is 0 Å². The van der Waals surface area contributed by atoms with Gasteiger partial charge in [-0.15, -0.1) is 0 Å². The summed E-state index contributed by atoms with van der Waals surface area (Å²) in [6.45, 7) is 2.26. The second-order valence-corrected chi connectivity index (χ2v) is 4.98. The van der Waals surface area contributed by atoms with E-state index < -0.39 is 17.7 Å². The Hall–Kier alpha value is -1.94. The summed E-state index contributed by atoms with van der Waals surface area (Å²) in [6.07, 6.45) is 2.12. The summed E-state index contributed by atoms with van der Waals surface area (Å²) >= 11 is 0. The predicted molar refractivity (Wildman–Crippen MR) is 79.2 cm³/mol. The first-order chi connectivity index (χ1) is 10.1. The lowest BCUT2D eigenvalue weighted by atomic mass is 10.1. The van der Waals surface area contributed by atoms with E-state index in [9.17, 15) is 8.78 Å². The number of ether oxygens (including phenoxy) is 1. The van der Waals surface area contributed by atoms with E-state index in [1.807, 2.05) is 24.3 Å². The maximum absolute atomic E-state index is 13.6. The van der Waals surface area contributed by atoms with Gasteiger partial charge in [-0.1, -0.05) is 31.5 Å². The van der Waals surface area contributed by atoms with Crippen LogP contribution in [0.2, 0.25) is 0 Å². The van der Waals surface area contributed by atoms with E-state index in [4.69, 9.17) is 10.5 Å². The zero-order valence-electron chi connectivity index (χ0n) is 12.0. The first kappa shape index (κ1) is 15.4. The molecule has 0 spiro atoms. The summed E-state index contributed by atoms with van der Waals surface area (Å²) in [5.41, 5.74) is 7.38. The normalized spacial score (nSPS) is 12.2. The van der Waals surface area contributed by atoms with Gasteiger partial charge in [-0.2, -0.15) is 0 Å². The molecule has 0 heterocycles. The van der Waals surface area contributed by atoms with Crippen LogP contribution < -0.4 is 10.5 Å². The predicted octanol–water partition coefficient (Wildman–Crippen LogP) is 4.00. The molecule has 0 fully saturated rings. The van der Waals surface area contributed by atoms with Crippen LogP contribution in [0, 0.1) is 11.6 Å². The lowest BCUT2D eigenvalue weighted by molar-refractivity contribution is 0.287. The molecule has 0 radical (unpaired) electrons. The molecule has 1 unspecified atom stereocenters. The van der Waals surface area contributed by atoms with Crippen molar-refractivity contribution in [3.8, 4) is 5.75 Å². The van der Waals surface area contributed by atoms with Crippen molar-refractivity contribution in [3.63, 3.8) is 0 Å². The number of nitrogens with two attached hydrogens (primary N) is 1. The van der Waals surface area contributed by atoms with Crippen LogP contribution in [0.1, 0.15) is 30.5 Å². The van der Waals surface area contributed by atoms with Crippen LogP contribution >= 0.6 is 0 Å². The van der Waals surface area contributed by atoms with E-state index >= 15 is 0 Å². The fourth-order valence-corrected chi connectivity index (χ4v) is 2.12. The Morgan fingerprint density at radius 1 is 1.10 bits per heavy atom. The van der Waals surface area contributed by atoms with Crippen molar-refractivity contribution >= 4 is 0 Å². The van der Waals surface area contributed by atoms with Gasteiger partial charge in [-0.05, 0) is 30.2 Å². The Kier molecular flexibility index (Phi) is 5.28. The Morgan fingerprint density at radius 3 is 2.43 bits per heavy atom. The fraction of sp³-hybridized carbons (Fsp3) is 0.294. The van der Waals surface area contributed by atoms with Crippen LogP contribution in [0.5, 0.6) is 5.75 Å². The molecule has 21 heavy (non-hydrogen) atoms. The summed E-state index contributed by atoms with van der Waals surface area (Å²) in [7, 11) is 0. The average molecular weight is 291 g/mol. The molecular weight excluding hydrogens is 272 g/mol. The van der Waals surface area contributed by atoms with E-state index in [1.165, 1.54) is 17.7 Å². The molecule has 2 N–H and O–H groups in total. The van der Waals surface area contributed by atoms with Gasteiger partial charge in [0.25, 0.3) is 0 Å². The number of hydrogen-bond donors (Lipinski definition) is 1. The van der Waals surface area contributed by atoms with Gasteiger partial charge in [0.1, 0.15) is 24.0 Å². The number of rotatable bonds is 6. The summed E-state index contributed by atoms with van der Waals surface area (Å²) in [5.74, 6) is -0.576. The summed E-state index contributed by atoms with van der Waals surface area (Å²) < 4.78 is 32.0. The topological polar surface area (TPSA) is 35.2 Å². The van der Waals surface area contributed by atoms with Gasteiger partial charge >= 0.3 is 0 Å². The highest BCUT2D eigenvalue weighted by Crippen LogP contribution is 2.19. The summed E-state index contributed by atoms with van der Waals surface area (Å²) in [4.78, 5) is 0. The number of halogens is 2. The van der Waals surface area contributed by atoms with Crippen molar-refractivity contribution in [2.24, 2.45) is 5.73 Å². The lowest BCUT2D eigenvalue weighted by Crippen LogP contribution is -2.20.